The Balaban J connectivity index is 1.88. The number of nitrogens with zero attached hydrogens (tertiary/aromatic N) is 2. The largest absolute Gasteiger partial charge is 0.460 e. The van der Waals surface area contributed by atoms with Crippen LogP contribution < -0.4 is 20.4 Å². The van der Waals surface area contributed by atoms with Gasteiger partial charge < -0.3 is 25.4 Å². The van der Waals surface area contributed by atoms with Crippen molar-refractivity contribution in [1.82, 2.24) is 10.6 Å². The molecule has 0 unspecified atom stereocenters. The lowest BCUT2D eigenvalue weighted by molar-refractivity contribution is -0.141. The number of carbonyl (C=O) groups excluding carboxylic acids is 4. The monoisotopic (exact) mass is 404 g/mol. The minimum Gasteiger partial charge on any atom is -0.460 e. The van der Waals surface area contributed by atoms with E-state index in [0.717, 1.165) is 0 Å². The SMILES string of the molecule is CN[C@H]1CN(C(=O)CO)c2ccccc2N(CC(=O)N[C@H]2CC(=O)O[C@H]2C)C1=O. The maximum absolute atomic E-state index is 13.1. The molecule has 1 fully saturated rings. The van der Waals surface area contributed by atoms with Crippen molar-refractivity contribution in [1.29, 1.82) is 0 Å². The molecule has 2 aliphatic heterocycles. The van der Waals surface area contributed by atoms with Crippen LogP contribution in [0.15, 0.2) is 24.3 Å². The number of hydrogen-bond acceptors (Lipinski definition) is 7. The second kappa shape index (κ2) is 8.58. The number of hydrogen-bond donors (Lipinski definition) is 3. The van der Waals surface area contributed by atoms with E-state index in [2.05, 4.69) is 10.6 Å². The molecule has 156 valence electrons. The first kappa shape index (κ1) is 20.7. The van der Waals surface area contributed by atoms with Gasteiger partial charge in [-0.3, -0.25) is 24.1 Å². The number of fused-ring (bicyclic) bond motifs is 1. The number of aliphatic hydroxyl groups is 1. The maximum Gasteiger partial charge on any atom is 0.308 e. The molecule has 3 N–H and O–H groups in total. The third kappa shape index (κ3) is 4.22. The molecule has 3 atom stereocenters. The first-order chi connectivity index (χ1) is 13.8. The molecule has 0 saturated carbocycles. The summed E-state index contributed by atoms with van der Waals surface area (Å²) in [4.78, 5) is 52.0. The molecule has 2 heterocycles. The summed E-state index contributed by atoms with van der Waals surface area (Å²) in [6.07, 6.45) is -0.365. The van der Waals surface area contributed by atoms with E-state index < -0.39 is 36.6 Å². The number of cyclic esters (lactones) is 1. The summed E-state index contributed by atoms with van der Waals surface area (Å²) in [6, 6.07) is 5.48. The predicted octanol–water partition coefficient (Wildman–Crippen LogP) is -1.23. The summed E-state index contributed by atoms with van der Waals surface area (Å²) in [5.74, 6) is -1.75. The number of benzene rings is 1. The first-order valence-corrected chi connectivity index (χ1v) is 9.33. The molecule has 0 radical (unpaired) electrons. The van der Waals surface area contributed by atoms with Gasteiger partial charge in [-0.2, -0.15) is 0 Å². The second-order valence-corrected chi connectivity index (χ2v) is 6.99. The Morgan fingerprint density at radius 2 is 1.93 bits per heavy atom. The van der Waals surface area contributed by atoms with Crippen molar-refractivity contribution in [3.63, 3.8) is 0 Å². The quantitative estimate of drug-likeness (QED) is 0.524. The van der Waals surface area contributed by atoms with Crippen LogP contribution in [0.2, 0.25) is 0 Å². The number of rotatable bonds is 5. The number of esters is 1. The average molecular weight is 404 g/mol. The van der Waals surface area contributed by atoms with Crippen LogP contribution in [-0.2, 0) is 23.9 Å². The molecule has 0 bridgehead atoms. The zero-order valence-corrected chi connectivity index (χ0v) is 16.3. The number of amides is 3. The van der Waals surface area contributed by atoms with Gasteiger partial charge in [-0.25, -0.2) is 0 Å². The number of aliphatic hydroxyl groups excluding tert-OH is 1. The average Bonchev–Trinajstić information content (AvgIpc) is 2.96. The lowest BCUT2D eigenvalue weighted by Gasteiger charge is -2.25. The fraction of sp³-hybridized carbons (Fsp3) is 0.474. The summed E-state index contributed by atoms with van der Waals surface area (Å²) >= 11 is 0. The molecule has 29 heavy (non-hydrogen) atoms. The molecule has 10 heteroatoms. The Morgan fingerprint density at radius 3 is 2.52 bits per heavy atom. The standard InChI is InChI=1S/C19H24N4O6/c1-11-12(7-18(27)29-11)21-16(25)9-23-15-6-4-3-5-14(15)22(17(26)10-24)8-13(20-2)19(23)28/h3-6,11-13,20,24H,7-10H2,1-2H3,(H,21,25)/t11-,12-,13-/m0/s1. The molecule has 1 aromatic carbocycles. The molecule has 10 nitrogen and oxygen atoms in total. The highest BCUT2D eigenvalue weighted by Gasteiger charge is 2.37. The van der Waals surface area contributed by atoms with E-state index in [0.29, 0.717) is 11.4 Å². The van der Waals surface area contributed by atoms with Gasteiger partial charge >= 0.3 is 5.97 Å². The summed E-state index contributed by atoms with van der Waals surface area (Å²) in [6.45, 7) is 0.725. The van der Waals surface area contributed by atoms with Crippen molar-refractivity contribution in [2.24, 2.45) is 0 Å². The zero-order chi connectivity index (χ0) is 21.1. The Morgan fingerprint density at radius 1 is 1.24 bits per heavy atom. The van der Waals surface area contributed by atoms with Gasteiger partial charge in [-0.05, 0) is 26.1 Å². The van der Waals surface area contributed by atoms with Crippen LogP contribution in [0, 0.1) is 0 Å². The Bertz CT molecular complexity index is 829. The van der Waals surface area contributed by atoms with E-state index >= 15 is 0 Å². The number of para-hydroxylation sites is 2. The van der Waals surface area contributed by atoms with Gasteiger partial charge in [0.25, 0.3) is 5.91 Å². The van der Waals surface area contributed by atoms with Crippen LogP contribution in [0.25, 0.3) is 0 Å². The minimum absolute atomic E-state index is 0.0197. The number of likely N-dealkylation sites (N-methyl/N-ethyl adjacent to an activating group) is 1. The summed E-state index contributed by atoms with van der Waals surface area (Å²) < 4.78 is 5.04. The van der Waals surface area contributed by atoms with Gasteiger partial charge in [-0.1, -0.05) is 12.1 Å². The van der Waals surface area contributed by atoms with Crippen molar-refractivity contribution in [3.8, 4) is 0 Å². The van der Waals surface area contributed by atoms with Crippen LogP contribution in [0.5, 0.6) is 0 Å². The molecule has 3 rings (SSSR count). The van der Waals surface area contributed by atoms with E-state index in [9.17, 15) is 24.3 Å². The van der Waals surface area contributed by atoms with Crippen molar-refractivity contribution < 1.29 is 29.0 Å². The van der Waals surface area contributed by atoms with E-state index in [1.165, 1.54) is 9.80 Å². The third-order valence-corrected chi connectivity index (χ3v) is 5.10. The normalized spacial score (nSPS) is 24.0. The lowest BCUT2D eigenvalue weighted by Crippen LogP contribution is -2.53. The predicted molar refractivity (Wildman–Crippen MR) is 103 cm³/mol. The molecule has 1 saturated heterocycles. The molecule has 0 spiro atoms. The van der Waals surface area contributed by atoms with Crippen LogP contribution >= 0.6 is 0 Å². The number of ether oxygens (including phenoxy) is 1. The number of anilines is 2. The fourth-order valence-electron chi connectivity index (χ4n) is 3.53. The van der Waals surface area contributed by atoms with Crippen molar-refractivity contribution in [3.05, 3.63) is 24.3 Å². The second-order valence-electron chi connectivity index (χ2n) is 6.99. The minimum atomic E-state index is -0.763. The highest BCUT2D eigenvalue weighted by molar-refractivity contribution is 6.09. The fourth-order valence-corrected chi connectivity index (χ4v) is 3.53. The van der Waals surface area contributed by atoms with Crippen molar-refractivity contribution >= 4 is 35.1 Å². The van der Waals surface area contributed by atoms with Gasteiger partial charge in [0.15, 0.2) is 0 Å². The van der Waals surface area contributed by atoms with Crippen LogP contribution in [-0.4, -0.2) is 73.7 Å². The first-order valence-electron chi connectivity index (χ1n) is 9.33. The van der Waals surface area contributed by atoms with E-state index in [4.69, 9.17) is 4.74 Å². The Labute approximate surface area is 167 Å². The van der Waals surface area contributed by atoms with E-state index in [1.54, 1.807) is 38.2 Å². The molecule has 0 aliphatic carbocycles. The van der Waals surface area contributed by atoms with Crippen LogP contribution in [0.1, 0.15) is 13.3 Å². The van der Waals surface area contributed by atoms with Gasteiger partial charge in [0.1, 0.15) is 25.3 Å². The zero-order valence-electron chi connectivity index (χ0n) is 16.3. The Hall–Kier alpha value is -2.98. The topological polar surface area (TPSA) is 128 Å². The lowest BCUT2D eigenvalue weighted by atomic mass is 10.1. The van der Waals surface area contributed by atoms with Crippen molar-refractivity contribution in [2.75, 3.05) is 36.5 Å². The molecule has 2 aliphatic rings. The maximum atomic E-state index is 13.1. The highest BCUT2D eigenvalue weighted by Crippen LogP contribution is 2.32. The van der Waals surface area contributed by atoms with E-state index in [1.807, 2.05) is 0 Å². The molecule has 3 amide bonds. The number of nitrogens with one attached hydrogen (secondary N) is 2. The molecular weight excluding hydrogens is 380 g/mol. The van der Waals surface area contributed by atoms with E-state index in [-0.39, 0.29) is 31.4 Å². The van der Waals surface area contributed by atoms with Crippen LogP contribution in [0.3, 0.4) is 0 Å². The smallest absolute Gasteiger partial charge is 0.308 e. The third-order valence-electron chi connectivity index (χ3n) is 5.10. The summed E-state index contributed by atoms with van der Waals surface area (Å²) in [7, 11) is 1.58. The molecule has 1 aromatic rings. The Kier molecular flexibility index (Phi) is 6.14. The van der Waals surface area contributed by atoms with Gasteiger partial charge in [0.05, 0.1) is 30.4 Å². The van der Waals surface area contributed by atoms with Crippen molar-refractivity contribution in [2.45, 2.75) is 31.5 Å². The van der Waals surface area contributed by atoms with Gasteiger partial charge in [0.2, 0.25) is 11.8 Å². The molecule has 0 aromatic heterocycles. The van der Waals surface area contributed by atoms with Gasteiger partial charge in [-0.15, -0.1) is 0 Å². The van der Waals surface area contributed by atoms with Gasteiger partial charge in [0, 0.05) is 0 Å². The highest BCUT2D eigenvalue weighted by atomic mass is 16.6. The molecular formula is C19H24N4O6. The summed E-state index contributed by atoms with van der Waals surface area (Å²) in [5.41, 5.74) is 0.817. The van der Waals surface area contributed by atoms with Crippen LogP contribution in [0.4, 0.5) is 11.4 Å². The number of carbonyl (C=O) groups is 4. The summed E-state index contributed by atoms with van der Waals surface area (Å²) in [5, 5.41) is 14.9.